The number of hydrogen-bond acceptors (Lipinski definition) is 3. The molecule has 0 aliphatic heterocycles. The molecular weight excluding hydrogens is 270 g/mol. The first-order valence-electron chi connectivity index (χ1n) is 7.26. The Labute approximate surface area is 125 Å². The van der Waals surface area contributed by atoms with Gasteiger partial charge in [-0.3, -0.25) is 4.79 Å². The monoisotopic (exact) mass is 293 g/mol. The summed E-state index contributed by atoms with van der Waals surface area (Å²) in [6.45, 7) is 2.07. The Hall–Kier alpha value is -1.00. The predicted molar refractivity (Wildman–Crippen MR) is 83.7 cm³/mol. The Kier molecular flexibility index (Phi) is 5.92. The first-order chi connectivity index (χ1) is 9.65. The Balaban J connectivity index is 1.70. The lowest BCUT2D eigenvalue weighted by molar-refractivity contribution is -0.120. The number of nitrogens with one attached hydrogen (secondary N) is 1. The Morgan fingerprint density at radius 2 is 2.20 bits per heavy atom. The summed E-state index contributed by atoms with van der Waals surface area (Å²) in [7, 11) is 0. The van der Waals surface area contributed by atoms with Crippen molar-refractivity contribution in [2.75, 3.05) is 5.75 Å². The molecule has 1 fully saturated rings. The van der Waals surface area contributed by atoms with Crippen molar-refractivity contribution in [3.05, 3.63) is 35.4 Å². The number of carbonyl (C=O) groups excluding carboxylic acids is 1. The molecule has 0 radical (unpaired) electrons. The number of benzene rings is 1. The summed E-state index contributed by atoms with van der Waals surface area (Å²) < 4.78 is 0. The Bertz CT molecular complexity index is 450. The third kappa shape index (κ3) is 4.84. The van der Waals surface area contributed by atoms with Crippen molar-refractivity contribution in [2.45, 2.75) is 50.5 Å². The summed E-state index contributed by atoms with van der Waals surface area (Å²) in [4.78, 5) is 11.9. The van der Waals surface area contributed by atoms with Gasteiger partial charge in [0.15, 0.2) is 0 Å². The van der Waals surface area contributed by atoms with Gasteiger partial charge in [-0.05, 0) is 25.3 Å². The van der Waals surface area contributed by atoms with E-state index in [1.165, 1.54) is 11.1 Å². The van der Waals surface area contributed by atoms with Crippen molar-refractivity contribution in [1.82, 2.24) is 5.32 Å². The number of aryl methyl sites for hydroxylation is 1. The van der Waals surface area contributed by atoms with Crippen LogP contribution in [0.1, 0.15) is 36.8 Å². The highest BCUT2D eigenvalue weighted by Gasteiger charge is 2.24. The maximum Gasteiger partial charge on any atom is 0.230 e. The van der Waals surface area contributed by atoms with Gasteiger partial charge in [-0.2, -0.15) is 0 Å². The highest BCUT2D eigenvalue weighted by molar-refractivity contribution is 7.99. The molecule has 1 aromatic rings. The van der Waals surface area contributed by atoms with Gasteiger partial charge in [0.2, 0.25) is 5.91 Å². The molecule has 3 nitrogen and oxygen atoms in total. The number of rotatable bonds is 5. The summed E-state index contributed by atoms with van der Waals surface area (Å²) in [5.74, 6) is 1.34. The van der Waals surface area contributed by atoms with Crippen LogP contribution >= 0.6 is 11.8 Å². The second kappa shape index (κ2) is 7.70. The van der Waals surface area contributed by atoms with E-state index in [9.17, 15) is 9.90 Å². The number of thioether (sulfide) groups is 1. The van der Waals surface area contributed by atoms with E-state index in [1.54, 1.807) is 11.8 Å². The molecule has 2 atom stereocenters. The molecule has 2 unspecified atom stereocenters. The molecule has 1 aliphatic rings. The number of carbonyl (C=O) groups is 1. The standard InChI is InChI=1S/C16H23NO2S/c1-12-5-4-6-13(9-12)10-20-11-16(19)17-14-7-2-3-8-15(14)18/h4-6,9,14-15,18H,2-3,7-8,10-11H2,1H3,(H,17,19). The summed E-state index contributed by atoms with van der Waals surface area (Å²) in [5, 5.41) is 12.8. The zero-order valence-electron chi connectivity index (χ0n) is 12.0. The summed E-state index contributed by atoms with van der Waals surface area (Å²) in [6, 6.07) is 8.31. The van der Waals surface area contributed by atoms with Gasteiger partial charge in [-0.25, -0.2) is 0 Å². The van der Waals surface area contributed by atoms with Crippen LogP contribution in [0.3, 0.4) is 0 Å². The minimum Gasteiger partial charge on any atom is -0.391 e. The van der Waals surface area contributed by atoms with Crippen LogP contribution in [0.15, 0.2) is 24.3 Å². The van der Waals surface area contributed by atoms with Crippen LogP contribution in [0, 0.1) is 6.92 Å². The first-order valence-corrected chi connectivity index (χ1v) is 8.41. The fraction of sp³-hybridized carbons (Fsp3) is 0.562. The van der Waals surface area contributed by atoms with Crippen molar-refractivity contribution in [1.29, 1.82) is 0 Å². The van der Waals surface area contributed by atoms with Crippen LogP contribution in [0.25, 0.3) is 0 Å². The fourth-order valence-corrected chi connectivity index (χ4v) is 3.38. The molecule has 4 heteroatoms. The number of amides is 1. The normalized spacial score (nSPS) is 22.5. The molecule has 1 amide bonds. The number of aliphatic hydroxyl groups excluding tert-OH is 1. The highest BCUT2D eigenvalue weighted by Crippen LogP contribution is 2.19. The smallest absolute Gasteiger partial charge is 0.230 e. The first kappa shape index (κ1) is 15.4. The zero-order valence-corrected chi connectivity index (χ0v) is 12.8. The van der Waals surface area contributed by atoms with Gasteiger partial charge in [0.1, 0.15) is 0 Å². The molecule has 0 spiro atoms. The van der Waals surface area contributed by atoms with E-state index in [0.717, 1.165) is 31.4 Å². The molecule has 1 aromatic carbocycles. The van der Waals surface area contributed by atoms with Crippen molar-refractivity contribution in [2.24, 2.45) is 0 Å². The summed E-state index contributed by atoms with van der Waals surface area (Å²) >= 11 is 1.62. The van der Waals surface area contributed by atoms with Crippen LogP contribution in [0.4, 0.5) is 0 Å². The van der Waals surface area contributed by atoms with Crippen molar-refractivity contribution >= 4 is 17.7 Å². The lowest BCUT2D eigenvalue weighted by Crippen LogP contribution is -2.45. The van der Waals surface area contributed by atoms with Gasteiger partial charge >= 0.3 is 0 Å². The van der Waals surface area contributed by atoms with E-state index in [2.05, 4.69) is 30.4 Å². The fourth-order valence-electron chi connectivity index (χ4n) is 2.59. The maximum atomic E-state index is 11.9. The van der Waals surface area contributed by atoms with Gasteiger partial charge in [0.25, 0.3) is 0 Å². The Morgan fingerprint density at radius 3 is 2.95 bits per heavy atom. The third-order valence-electron chi connectivity index (χ3n) is 3.66. The van der Waals surface area contributed by atoms with Crippen LogP contribution in [-0.2, 0) is 10.5 Å². The third-order valence-corrected chi connectivity index (χ3v) is 4.66. The molecule has 0 heterocycles. The minimum absolute atomic E-state index is 0.0357. The van der Waals surface area contributed by atoms with Gasteiger partial charge in [-0.15, -0.1) is 11.8 Å². The largest absolute Gasteiger partial charge is 0.391 e. The zero-order chi connectivity index (χ0) is 14.4. The predicted octanol–water partition coefficient (Wildman–Crippen LogP) is 2.65. The molecule has 0 aromatic heterocycles. The van der Waals surface area contributed by atoms with E-state index >= 15 is 0 Å². The van der Waals surface area contributed by atoms with E-state index in [4.69, 9.17) is 0 Å². The summed E-state index contributed by atoms with van der Waals surface area (Å²) in [6.07, 6.45) is 3.50. The van der Waals surface area contributed by atoms with E-state index < -0.39 is 0 Å². The van der Waals surface area contributed by atoms with E-state index in [1.807, 2.05) is 6.07 Å². The molecule has 110 valence electrons. The van der Waals surface area contributed by atoms with Crippen molar-refractivity contribution < 1.29 is 9.90 Å². The lowest BCUT2D eigenvalue weighted by Gasteiger charge is -2.28. The maximum absolute atomic E-state index is 11.9. The molecule has 1 aliphatic carbocycles. The topological polar surface area (TPSA) is 49.3 Å². The average molecular weight is 293 g/mol. The van der Waals surface area contributed by atoms with Gasteiger partial charge in [0, 0.05) is 5.75 Å². The van der Waals surface area contributed by atoms with E-state index in [-0.39, 0.29) is 18.1 Å². The van der Waals surface area contributed by atoms with Crippen LogP contribution < -0.4 is 5.32 Å². The molecular formula is C16H23NO2S. The molecule has 2 rings (SSSR count). The van der Waals surface area contributed by atoms with Gasteiger partial charge in [0.05, 0.1) is 17.9 Å². The quantitative estimate of drug-likeness (QED) is 0.877. The molecule has 2 N–H and O–H groups in total. The molecule has 20 heavy (non-hydrogen) atoms. The van der Waals surface area contributed by atoms with Crippen LogP contribution in [-0.4, -0.2) is 28.9 Å². The second-order valence-corrected chi connectivity index (χ2v) is 6.49. The molecule has 0 bridgehead atoms. The Morgan fingerprint density at radius 1 is 1.40 bits per heavy atom. The van der Waals surface area contributed by atoms with Gasteiger partial charge in [-0.1, -0.05) is 42.7 Å². The molecule has 0 saturated heterocycles. The lowest BCUT2D eigenvalue weighted by atomic mass is 9.93. The van der Waals surface area contributed by atoms with Crippen molar-refractivity contribution in [3.63, 3.8) is 0 Å². The summed E-state index contributed by atoms with van der Waals surface area (Å²) in [5.41, 5.74) is 2.50. The highest BCUT2D eigenvalue weighted by atomic mass is 32.2. The molecule has 1 saturated carbocycles. The number of hydrogen-bond donors (Lipinski definition) is 2. The van der Waals surface area contributed by atoms with Crippen molar-refractivity contribution in [3.8, 4) is 0 Å². The number of aliphatic hydroxyl groups is 1. The van der Waals surface area contributed by atoms with Crippen LogP contribution in [0.2, 0.25) is 0 Å². The van der Waals surface area contributed by atoms with Gasteiger partial charge < -0.3 is 10.4 Å². The average Bonchev–Trinajstić information content (AvgIpc) is 2.41. The SMILES string of the molecule is Cc1cccc(CSCC(=O)NC2CCCCC2O)c1. The second-order valence-electron chi connectivity index (χ2n) is 5.51. The van der Waals surface area contributed by atoms with E-state index in [0.29, 0.717) is 5.75 Å². The minimum atomic E-state index is -0.366. The van der Waals surface area contributed by atoms with Crippen LogP contribution in [0.5, 0.6) is 0 Å².